The third-order valence-electron chi connectivity index (χ3n) is 2.36. The number of nitrogens with one attached hydrogen (secondary N) is 1. The van der Waals surface area contributed by atoms with Crippen molar-refractivity contribution in [2.45, 2.75) is 6.42 Å². The van der Waals surface area contributed by atoms with Gasteiger partial charge in [0, 0.05) is 32.3 Å². The van der Waals surface area contributed by atoms with Gasteiger partial charge in [-0.05, 0) is 6.07 Å². The van der Waals surface area contributed by atoms with E-state index in [9.17, 15) is 4.79 Å². The van der Waals surface area contributed by atoms with E-state index in [0.717, 1.165) is 18.8 Å². The molecule has 1 saturated heterocycles. The molecule has 2 rings (SSSR count). The van der Waals surface area contributed by atoms with Crippen molar-refractivity contribution in [1.82, 2.24) is 15.1 Å². The van der Waals surface area contributed by atoms with Crippen LogP contribution in [-0.2, 0) is 18.3 Å². The van der Waals surface area contributed by atoms with Gasteiger partial charge in [-0.15, -0.1) is 0 Å². The fourth-order valence-electron chi connectivity index (χ4n) is 1.40. The molecule has 2 heterocycles. The zero-order valence-corrected chi connectivity index (χ0v) is 7.66. The summed E-state index contributed by atoms with van der Waals surface area (Å²) in [7, 11) is 1.86. The Morgan fingerprint density at radius 3 is 3.00 bits per heavy atom. The average molecular weight is 179 g/mol. The van der Waals surface area contributed by atoms with Crippen LogP contribution in [0.15, 0.2) is 12.3 Å². The van der Waals surface area contributed by atoms with E-state index in [1.165, 1.54) is 0 Å². The molecule has 0 spiro atoms. The molecule has 0 saturated carbocycles. The highest BCUT2D eigenvalue weighted by Crippen LogP contribution is 2.08. The summed E-state index contributed by atoms with van der Waals surface area (Å²) in [5.41, 5.74) is 0.874. The molecule has 0 bridgehead atoms. The minimum atomic E-state index is 0.224. The molecule has 0 aliphatic carbocycles. The Balaban J connectivity index is 1.93. The second kappa shape index (κ2) is 3.30. The van der Waals surface area contributed by atoms with Gasteiger partial charge >= 0.3 is 0 Å². The first-order valence-electron chi connectivity index (χ1n) is 4.47. The third-order valence-corrected chi connectivity index (χ3v) is 2.36. The predicted molar refractivity (Wildman–Crippen MR) is 48.3 cm³/mol. The summed E-state index contributed by atoms with van der Waals surface area (Å²) in [4.78, 5) is 11.5. The minimum Gasteiger partial charge on any atom is -0.315 e. The number of Topliss-reactive ketones (excluding diaryl/α,β-unsaturated/α-hetero) is 1. The smallest absolute Gasteiger partial charge is 0.144 e. The van der Waals surface area contributed by atoms with E-state index < -0.39 is 0 Å². The molecule has 1 N–H and O–H groups in total. The number of aryl methyl sites for hydroxylation is 1. The fraction of sp³-hybridized carbons (Fsp3) is 0.556. The molecule has 4 heteroatoms. The molecular formula is C9H13N3O. The molecule has 1 aliphatic rings. The molecule has 1 aromatic rings. The molecule has 0 aromatic carbocycles. The van der Waals surface area contributed by atoms with Crippen molar-refractivity contribution < 1.29 is 4.79 Å². The molecule has 0 amide bonds. The number of carbonyl (C=O) groups excluding carboxylic acids is 1. The van der Waals surface area contributed by atoms with Crippen LogP contribution in [0.5, 0.6) is 0 Å². The molecule has 0 atom stereocenters. The highest BCUT2D eigenvalue weighted by atomic mass is 16.1. The van der Waals surface area contributed by atoms with Crippen molar-refractivity contribution >= 4 is 5.78 Å². The molecular weight excluding hydrogens is 166 g/mol. The Kier molecular flexibility index (Phi) is 2.14. The molecule has 1 aliphatic heterocycles. The summed E-state index contributed by atoms with van der Waals surface area (Å²) >= 11 is 0. The van der Waals surface area contributed by atoms with E-state index in [4.69, 9.17) is 0 Å². The summed E-state index contributed by atoms with van der Waals surface area (Å²) in [5.74, 6) is 0.527. The number of hydrogen-bond acceptors (Lipinski definition) is 3. The second-order valence-electron chi connectivity index (χ2n) is 3.48. The fourth-order valence-corrected chi connectivity index (χ4v) is 1.40. The van der Waals surface area contributed by atoms with Crippen LogP contribution < -0.4 is 5.32 Å². The van der Waals surface area contributed by atoms with Gasteiger partial charge in [0.15, 0.2) is 0 Å². The van der Waals surface area contributed by atoms with E-state index in [-0.39, 0.29) is 5.92 Å². The maximum Gasteiger partial charge on any atom is 0.144 e. The minimum absolute atomic E-state index is 0.224. The summed E-state index contributed by atoms with van der Waals surface area (Å²) < 4.78 is 1.72. The van der Waals surface area contributed by atoms with Gasteiger partial charge in [0.1, 0.15) is 5.78 Å². The summed E-state index contributed by atoms with van der Waals surface area (Å²) in [6, 6.07) is 1.89. The molecule has 70 valence electrons. The first-order valence-corrected chi connectivity index (χ1v) is 4.47. The van der Waals surface area contributed by atoms with Crippen molar-refractivity contribution in [3.63, 3.8) is 0 Å². The normalized spacial score (nSPS) is 17.0. The van der Waals surface area contributed by atoms with Crippen molar-refractivity contribution in [3.05, 3.63) is 18.0 Å². The average Bonchev–Trinajstić information content (AvgIpc) is 2.31. The highest BCUT2D eigenvalue weighted by Gasteiger charge is 2.24. The zero-order valence-electron chi connectivity index (χ0n) is 7.66. The molecule has 13 heavy (non-hydrogen) atoms. The lowest BCUT2D eigenvalue weighted by Gasteiger charge is -2.25. The molecule has 1 fully saturated rings. The molecule has 0 radical (unpaired) electrons. The second-order valence-corrected chi connectivity index (χ2v) is 3.48. The first-order chi connectivity index (χ1) is 6.25. The Morgan fingerprint density at radius 1 is 1.77 bits per heavy atom. The SMILES string of the molecule is Cn1ccc(CC(=O)C2CNC2)n1. The van der Waals surface area contributed by atoms with Crippen molar-refractivity contribution in [2.75, 3.05) is 13.1 Å². The molecule has 1 aromatic heterocycles. The van der Waals surface area contributed by atoms with Crippen LogP contribution in [0.25, 0.3) is 0 Å². The van der Waals surface area contributed by atoms with Gasteiger partial charge in [0.05, 0.1) is 12.1 Å². The molecule has 4 nitrogen and oxygen atoms in total. The van der Waals surface area contributed by atoms with Gasteiger partial charge in [-0.25, -0.2) is 0 Å². The van der Waals surface area contributed by atoms with Crippen LogP contribution >= 0.6 is 0 Å². The first kappa shape index (κ1) is 8.44. The number of ketones is 1. The Bertz CT molecular complexity index is 314. The number of rotatable bonds is 3. The topological polar surface area (TPSA) is 46.9 Å². The summed E-state index contributed by atoms with van der Waals surface area (Å²) in [5, 5.41) is 7.25. The van der Waals surface area contributed by atoms with Crippen LogP contribution in [0.1, 0.15) is 5.69 Å². The van der Waals surface area contributed by atoms with Crippen LogP contribution in [0.3, 0.4) is 0 Å². The lowest BCUT2D eigenvalue weighted by atomic mass is 9.95. The van der Waals surface area contributed by atoms with Gasteiger partial charge in [0.25, 0.3) is 0 Å². The molecule has 0 unspecified atom stereocenters. The number of hydrogen-bond donors (Lipinski definition) is 1. The Hall–Kier alpha value is -1.16. The quantitative estimate of drug-likeness (QED) is 0.696. The van der Waals surface area contributed by atoms with Gasteiger partial charge in [0.2, 0.25) is 0 Å². The zero-order chi connectivity index (χ0) is 9.26. The predicted octanol–water partition coefficient (Wildman–Crippen LogP) is -0.249. The van der Waals surface area contributed by atoms with Crippen LogP contribution in [0.2, 0.25) is 0 Å². The number of nitrogens with zero attached hydrogens (tertiary/aromatic N) is 2. The Morgan fingerprint density at radius 2 is 2.54 bits per heavy atom. The van der Waals surface area contributed by atoms with E-state index in [0.29, 0.717) is 12.2 Å². The van der Waals surface area contributed by atoms with Crippen molar-refractivity contribution in [3.8, 4) is 0 Å². The van der Waals surface area contributed by atoms with Gasteiger partial charge in [-0.3, -0.25) is 9.48 Å². The standard InChI is InChI=1S/C9H13N3O/c1-12-3-2-8(11-12)4-9(13)7-5-10-6-7/h2-3,7,10H,4-6H2,1H3. The van der Waals surface area contributed by atoms with Gasteiger partial charge < -0.3 is 5.32 Å². The number of aromatic nitrogens is 2. The Labute approximate surface area is 76.9 Å². The van der Waals surface area contributed by atoms with E-state index >= 15 is 0 Å². The lowest BCUT2D eigenvalue weighted by molar-refractivity contribution is -0.123. The maximum atomic E-state index is 11.5. The van der Waals surface area contributed by atoms with E-state index in [2.05, 4.69) is 10.4 Å². The largest absolute Gasteiger partial charge is 0.315 e. The van der Waals surface area contributed by atoms with E-state index in [1.807, 2.05) is 19.3 Å². The van der Waals surface area contributed by atoms with Crippen molar-refractivity contribution in [2.24, 2.45) is 13.0 Å². The monoisotopic (exact) mass is 179 g/mol. The third kappa shape index (κ3) is 1.78. The highest BCUT2D eigenvalue weighted by molar-refractivity contribution is 5.84. The number of carbonyl (C=O) groups is 1. The van der Waals surface area contributed by atoms with Crippen LogP contribution in [0, 0.1) is 5.92 Å². The maximum absolute atomic E-state index is 11.5. The van der Waals surface area contributed by atoms with E-state index in [1.54, 1.807) is 4.68 Å². The van der Waals surface area contributed by atoms with Gasteiger partial charge in [-0.1, -0.05) is 0 Å². The van der Waals surface area contributed by atoms with Gasteiger partial charge in [-0.2, -0.15) is 5.10 Å². The lowest BCUT2D eigenvalue weighted by Crippen LogP contribution is -2.47. The summed E-state index contributed by atoms with van der Waals surface area (Å²) in [6.07, 6.45) is 2.34. The van der Waals surface area contributed by atoms with Crippen LogP contribution in [0.4, 0.5) is 0 Å². The van der Waals surface area contributed by atoms with Crippen molar-refractivity contribution in [1.29, 1.82) is 0 Å². The summed E-state index contributed by atoms with van der Waals surface area (Å²) in [6.45, 7) is 1.68. The van der Waals surface area contributed by atoms with Crippen LogP contribution in [-0.4, -0.2) is 28.7 Å².